The summed E-state index contributed by atoms with van der Waals surface area (Å²) in [5.74, 6) is -0.658. The zero-order valence-electron chi connectivity index (χ0n) is 12.8. The van der Waals surface area contributed by atoms with Crippen molar-refractivity contribution in [3.05, 3.63) is 59.0 Å². The molecule has 3 rings (SSSR count). The van der Waals surface area contributed by atoms with Crippen LogP contribution in [0.25, 0.3) is 5.65 Å². The summed E-state index contributed by atoms with van der Waals surface area (Å²) >= 11 is 5.11. The lowest BCUT2D eigenvalue weighted by molar-refractivity contribution is 0.0868. The SMILES string of the molecule is Cc1cc(C(F)(F)Cl)n2nc(C(=O)Nc3ccccc3C#N)cc2n1. The van der Waals surface area contributed by atoms with E-state index < -0.39 is 17.0 Å². The van der Waals surface area contributed by atoms with Gasteiger partial charge in [0.25, 0.3) is 5.91 Å². The van der Waals surface area contributed by atoms with E-state index in [9.17, 15) is 13.6 Å². The maximum Gasteiger partial charge on any atom is 0.364 e. The van der Waals surface area contributed by atoms with Crippen molar-refractivity contribution in [3.8, 4) is 6.07 Å². The summed E-state index contributed by atoms with van der Waals surface area (Å²) < 4.78 is 27.9. The third-order valence-corrected chi connectivity index (χ3v) is 3.57. The number of alkyl halides is 3. The van der Waals surface area contributed by atoms with E-state index in [1.165, 1.54) is 19.1 Å². The van der Waals surface area contributed by atoms with Gasteiger partial charge in [0.15, 0.2) is 11.3 Å². The number of halogens is 3. The molecule has 3 aromatic rings. The molecule has 0 aliphatic carbocycles. The Morgan fingerprint density at radius 2 is 2.08 bits per heavy atom. The van der Waals surface area contributed by atoms with Crippen LogP contribution in [0.15, 0.2) is 36.4 Å². The van der Waals surface area contributed by atoms with Gasteiger partial charge in [0, 0.05) is 11.8 Å². The molecule has 2 heterocycles. The average molecular weight is 362 g/mol. The summed E-state index contributed by atoms with van der Waals surface area (Å²) in [4.78, 5) is 16.4. The van der Waals surface area contributed by atoms with Crippen molar-refractivity contribution in [3.63, 3.8) is 0 Å². The molecule has 1 aromatic carbocycles. The van der Waals surface area contributed by atoms with Gasteiger partial charge in [0.1, 0.15) is 11.8 Å². The number of nitrogens with one attached hydrogen (secondary N) is 1. The number of aryl methyl sites for hydroxylation is 1. The molecule has 2 aromatic heterocycles. The number of fused-ring (bicyclic) bond motifs is 1. The molecule has 9 heteroatoms. The van der Waals surface area contributed by atoms with Crippen LogP contribution in [-0.4, -0.2) is 20.5 Å². The Morgan fingerprint density at radius 3 is 2.76 bits per heavy atom. The fourth-order valence-electron chi connectivity index (χ4n) is 2.29. The number of hydrogen-bond acceptors (Lipinski definition) is 4. The molecule has 0 saturated carbocycles. The van der Waals surface area contributed by atoms with Crippen LogP contribution in [0.3, 0.4) is 0 Å². The van der Waals surface area contributed by atoms with E-state index in [2.05, 4.69) is 15.4 Å². The van der Waals surface area contributed by atoms with E-state index in [-0.39, 0.29) is 16.9 Å². The van der Waals surface area contributed by atoms with Crippen LogP contribution in [0, 0.1) is 18.3 Å². The van der Waals surface area contributed by atoms with Crippen LogP contribution in [0.5, 0.6) is 0 Å². The molecule has 1 N–H and O–H groups in total. The van der Waals surface area contributed by atoms with Crippen LogP contribution in [0.1, 0.15) is 27.4 Å². The van der Waals surface area contributed by atoms with E-state index >= 15 is 0 Å². The number of carbonyl (C=O) groups excluding carboxylic acids is 1. The molecular formula is C16H10ClF2N5O. The first-order chi connectivity index (χ1) is 11.8. The minimum Gasteiger partial charge on any atom is -0.319 e. The Labute approximate surface area is 145 Å². The lowest BCUT2D eigenvalue weighted by Gasteiger charge is -2.10. The van der Waals surface area contributed by atoms with Gasteiger partial charge in [-0.05, 0) is 36.7 Å². The molecule has 0 atom stereocenters. The van der Waals surface area contributed by atoms with Gasteiger partial charge in [-0.3, -0.25) is 4.79 Å². The van der Waals surface area contributed by atoms with Gasteiger partial charge in [-0.2, -0.15) is 19.1 Å². The Hall–Kier alpha value is -3.05. The number of hydrogen-bond donors (Lipinski definition) is 1. The number of rotatable bonds is 3. The van der Waals surface area contributed by atoms with Crippen molar-refractivity contribution in [2.75, 3.05) is 5.32 Å². The third-order valence-electron chi connectivity index (χ3n) is 3.37. The van der Waals surface area contributed by atoms with E-state index in [0.29, 0.717) is 11.4 Å². The highest BCUT2D eigenvalue weighted by Crippen LogP contribution is 2.32. The number of aromatic nitrogens is 3. The van der Waals surface area contributed by atoms with Gasteiger partial charge in [0.2, 0.25) is 0 Å². The zero-order chi connectivity index (χ0) is 18.2. The standard InChI is InChI=1S/C16H10ClF2N5O/c1-9-6-13(16(17,18)19)24-14(21-9)7-12(23-24)15(25)22-11-5-3-2-4-10(11)8-20/h2-7H,1H3,(H,22,25). The molecule has 0 aliphatic rings. The van der Waals surface area contributed by atoms with Gasteiger partial charge in [-0.1, -0.05) is 12.1 Å². The van der Waals surface area contributed by atoms with Crippen LogP contribution < -0.4 is 5.32 Å². The highest BCUT2D eigenvalue weighted by molar-refractivity contribution is 6.21. The second kappa shape index (κ2) is 6.11. The topological polar surface area (TPSA) is 83.1 Å². The Bertz CT molecular complexity index is 1020. The van der Waals surface area contributed by atoms with Crippen molar-refractivity contribution in [1.29, 1.82) is 5.26 Å². The maximum atomic E-state index is 13.6. The molecule has 126 valence electrons. The molecule has 0 fully saturated rings. The first kappa shape index (κ1) is 16.8. The van der Waals surface area contributed by atoms with Crippen LogP contribution in [-0.2, 0) is 5.38 Å². The van der Waals surface area contributed by atoms with Crippen LogP contribution in [0.2, 0.25) is 0 Å². The summed E-state index contributed by atoms with van der Waals surface area (Å²) in [6.45, 7) is 1.53. The second-order valence-corrected chi connectivity index (χ2v) is 5.67. The number of amides is 1. The molecule has 0 spiro atoms. The van der Waals surface area contributed by atoms with Crippen molar-refractivity contribution in [2.24, 2.45) is 0 Å². The smallest absolute Gasteiger partial charge is 0.319 e. The van der Waals surface area contributed by atoms with Crippen LogP contribution in [0.4, 0.5) is 14.5 Å². The van der Waals surface area contributed by atoms with Gasteiger partial charge in [0.05, 0.1) is 11.3 Å². The molecule has 0 aliphatic heterocycles. The molecule has 25 heavy (non-hydrogen) atoms. The lowest BCUT2D eigenvalue weighted by atomic mass is 10.2. The first-order valence-electron chi connectivity index (χ1n) is 7.04. The summed E-state index contributed by atoms with van der Waals surface area (Å²) in [5.41, 5.74) is 0.209. The fraction of sp³-hybridized carbons (Fsp3) is 0.125. The lowest BCUT2D eigenvalue weighted by Crippen LogP contribution is -2.15. The van der Waals surface area contributed by atoms with Gasteiger partial charge in [-0.15, -0.1) is 0 Å². The number of nitrogens with zero attached hydrogens (tertiary/aromatic N) is 4. The molecule has 1 amide bonds. The fourth-order valence-corrected chi connectivity index (χ4v) is 2.42. The summed E-state index contributed by atoms with van der Waals surface area (Å²) in [7, 11) is 0. The minimum absolute atomic E-state index is 0.0639. The van der Waals surface area contributed by atoms with Gasteiger partial charge >= 0.3 is 5.38 Å². The largest absolute Gasteiger partial charge is 0.364 e. The first-order valence-corrected chi connectivity index (χ1v) is 7.42. The number of anilines is 1. The molecule has 0 saturated heterocycles. The monoisotopic (exact) mass is 361 g/mol. The van der Waals surface area contributed by atoms with Crippen molar-refractivity contribution < 1.29 is 13.6 Å². The van der Waals surface area contributed by atoms with E-state index in [1.54, 1.807) is 18.2 Å². The summed E-state index contributed by atoms with van der Waals surface area (Å²) in [5, 5.41) is 11.8. The maximum absolute atomic E-state index is 13.6. The number of nitriles is 1. The highest BCUT2D eigenvalue weighted by Gasteiger charge is 2.32. The Kier molecular flexibility index (Phi) is 4.10. The third kappa shape index (κ3) is 3.27. The molecule has 6 nitrogen and oxygen atoms in total. The quantitative estimate of drug-likeness (QED) is 0.724. The zero-order valence-corrected chi connectivity index (χ0v) is 13.6. The van der Waals surface area contributed by atoms with Crippen molar-refractivity contribution in [1.82, 2.24) is 14.6 Å². The Morgan fingerprint density at radius 1 is 1.36 bits per heavy atom. The van der Waals surface area contributed by atoms with Gasteiger partial charge in [-0.25, -0.2) is 9.50 Å². The normalized spacial score (nSPS) is 11.3. The number of benzene rings is 1. The predicted octanol–water partition coefficient (Wildman–Crippen LogP) is 3.45. The second-order valence-electron chi connectivity index (χ2n) is 5.19. The van der Waals surface area contributed by atoms with E-state index in [4.69, 9.17) is 16.9 Å². The average Bonchev–Trinajstić information content (AvgIpc) is 2.97. The van der Waals surface area contributed by atoms with Gasteiger partial charge < -0.3 is 5.32 Å². The van der Waals surface area contributed by atoms with E-state index in [0.717, 1.165) is 10.6 Å². The molecule has 0 radical (unpaired) electrons. The van der Waals surface area contributed by atoms with Crippen LogP contribution >= 0.6 is 11.6 Å². The van der Waals surface area contributed by atoms with Crippen molar-refractivity contribution >= 4 is 28.8 Å². The molecule has 0 bridgehead atoms. The number of para-hydroxylation sites is 1. The predicted molar refractivity (Wildman–Crippen MR) is 86.6 cm³/mol. The summed E-state index contributed by atoms with van der Waals surface area (Å²) in [6.07, 6.45) is 0. The highest BCUT2D eigenvalue weighted by atomic mass is 35.5. The molecule has 0 unspecified atom stereocenters. The van der Waals surface area contributed by atoms with E-state index in [1.807, 2.05) is 6.07 Å². The molecular weight excluding hydrogens is 352 g/mol. The summed E-state index contributed by atoms with van der Waals surface area (Å²) in [6, 6.07) is 10.7. The minimum atomic E-state index is -3.67. The number of carbonyl (C=O) groups is 1. The van der Waals surface area contributed by atoms with Crippen molar-refractivity contribution in [2.45, 2.75) is 12.3 Å². The Balaban J connectivity index is 2.02.